The molecule has 9 nitrogen and oxygen atoms in total. The lowest BCUT2D eigenvalue weighted by molar-refractivity contribution is -0.132. The lowest BCUT2D eigenvalue weighted by atomic mass is 9.95. The van der Waals surface area contributed by atoms with E-state index in [9.17, 15) is 24.6 Å². The van der Waals surface area contributed by atoms with E-state index < -0.39 is 29.5 Å². The van der Waals surface area contributed by atoms with E-state index in [1.54, 1.807) is 37.3 Å². The number of rotatable bonds is 7. The van der Waals surface area contributed by atoms with Crippen molar-refractivity contribution >= 4 is 39.9 Å². The van der Waals surface area contributed by atoms with E-state index in [0.29, 0.717) is 17.0 Å². The van der Waals surface area contributed by atoms with Gasteiger partial charge in [-0.2, -0.15) is 0 Å². The molecule has 4 rings (SSSR count). The summed E-state index contributed by atoms with van der Waals surface area (Å²) in [5.74, 6) is -2.58. The van der Waals surface area contributed by atoms with Gasteiger partial charge >= 0.3 is 11.9 Å². The van der Waals surface area contributed by atoms with Crippen LogP contribution in [0.1, 0.15) is 32.5 Å². The Kier molecular flexibility index (Phi) is 6.89. The lowest BCUT2D eigenvalue weighted by Gasteiger charge is -2.23. The van der Waals surface area contributed by atoms with E-state index in [1.807, 2.05) is 0 Å². The van der Waals surface area contributed by atoms with Crippen LogP contribution < -0.4 is 9.64 Å². The van der Waals surface area contributed by atoms with E-state index in [2.05, 4.69) is 11.6 Å². The number of hydrogen-bond donors (Lipinski definition) is 2. The average molecular weight is 507 g/mol. The van der Waals surface area contributed by atoms with Gasteiger partial charge in [0.2, 0.25) is 0 Å². The van der Waals surface area contributed by atoms with Gasteiger partial charge in [0.25, 0.3) is 5.78 Å². The number of esters is 1. The molecule has 1 aromatic heterocycles. The highest BCUT2D eigenvalue weighted by Gasteiger charge is 2.48. The Balaban J connectivity index is 1.90. The number of ether oxygens (including phenoxy) is 2. The number of phenolic OH excluding ortho intramolecular Hbond substituents is 1. The molecule has 0 bridgehead atoms. The van der Waals surface area contributed by atoms with Gasteiger partial charge in [-0.25, -0.2) is 9.78 Å². The third kappa shape index (κ3) is 4.46. The lowest BCUT2D eigenvalue weighted by Crippen LogP contribution is -2.29. The first kappa shape index (κ1) is 24.7. The number of aromatic hydroxyl groups is 1. The molecule has 10 heteroatoms. The smallest absolute Gasteiger partial charge is 0.350 e. The second-order valence-corrected chi connectivity index (χ2v) is 8.77. The predicted molar refractivity (Wildman–Crippen MR) is 133 cm³/mol. The number of benzene rings is 2. The maximum Gasteiger partial charge on any atom is 0.350 e. The van der Waals surface area contributed by atoms with Crippen molar-refractivity contribution in [3.05, 3.63) is 88.5 Å². The molecule has 1 aliphatic heterocycles. The van der Waals surface area contributed by atoms with Gasteiger partial charge < -0.3 is 19.7 Å². The highest BCUT2D eigenvalue weighted by atomic mass is 32.1. The molecule has 1 fully saturated rings. The van der Waals surface area contributed by atoms with Crippen LogP contribution in [0.4, 0.5) is 5.13 Å². The maximum absolute atomic E-state index is 13.3. The van der Waals surface area contributed by atoms with Crippen molar-refractivity contribution in [2.24, 2.45) is 0 Å². The van der Waals surface area contributed by atoms with Gasteiger partial charge in [0.1, 0.15) is 28.7 Å². The molecule has 1 amide bonds. The second-order valence-electron chi connectivity index (χ2n) is 7.79. The maximum atomic E-state index is 13.3. The topological polar surface area (TPSA) is 126 Å². The minimum absolute atomic E-state index is 0.000148. The summed E-state index contributed by atoms with van der Waals surface area (Å²) in [7, 11) is 1.47. The van der Waals surface area contributed by atoms with Crippen LogP contribution in [0.15, 0.2) is 66.8 Å². The van der Waals surface area contributed by atoms with Crippen molar-refractivity contribution in [3.63, 3.8) is 0 Å². The summed E-state index contributed by atoms with van der Waals surface area (Å²) < 4.78 is 10.3. The number of phenols is 1. The number of nitrogens with zero attached hydrogens (tertiary/aromatic N) is 2. The summed E-state index contributed by atoms with van der Waals surface area (Å²) in [5, 5.41) is 21.4. The van der Waals surface area contributed by atoms with Gasteiger partial charge in [0, 0.05) is 5.56 Å². The van der Waals surface area contributed by atoms with Gasteiger partial charge in [-0.1, -0.05) is 48.3 Å². The van der Waals surface area contributed by atoms with Crippen LogP contribution >= 0.6 is 11.3 Å². The zero-order valence-corrected chi connectivity index (χ0v) is 20.2. The van der Waals surface area contributed by atoms with Gasteiger partial charge in [-0.15, -0.1) is 0 Å². The molecular formula is C26H22N2O7S. The summed E-state index contributed by atoms with van der Waals surface area (Å²) in [6.07, 6.45) is 1.42. The van der Waals surface area contributed by atoms with Crippen molar-refractivity contribution in [2.75, 3.05) is 18.6 Å². The molecule has 2 heterocycles. The average Bonchev–Trinajstić information content (AvgIpc) is 3.38. The molecule has 2 aromatic carbocycles. The largest absolute Gasteiger partial charge is 0.508 e. The van der Waals surface area contributed by atoms with Gasteiger partial charge in [0.15, 0.2) is 5.13 Å². The number of aliphatic hydroxyl groups is 1. The number of amides is 1. The number of ketones is 1. The SMILES string of the molecule is C=CCOC(=O)c1sc(N2C(=O)C(=O)/C(=C(/O)c3cccc(OC)c3)C2c2cccc(O)c2)nc1C. The Morgan fingerprint density at radius 2 is 1.97 bits per heavy atom. The van der Waals surface area contributed by atoms with Gasteiger partial charge in [-0.05, 0) is 36.8 Å². The second kappa shape index (κ2) is 10.0. The number of carbonyl (C=O) groups excluding carboxylic acids is 3. The number of Topliss-reactive ketones (excluding diaryl/α,β-unsaturated/α-hetero) is 1. The van der Waals surface area contributed by atoms with Crippen LogP contribution in [0.3, 0.4) is 0 Å². The fraction of sp³-hybridized carbons (Fsp3) is 0.154. The number of aromatic nitrogens is 1. The molecule has 0 radical (unpaired) electrons. The zero-order chi connectivity index (χ0) is 26.0. The van der Waals surface area contributed by atoms with Crippen molar-refractivity contribution in [2.45, 2.75) is 13.0 Å². The molecule has 2 N–H and O–H groups in total. The molecule has 3 aromatic rings. The summed E-state index contributed by atoms with van der Waals surface area (Å²) in [4.78, 5) is 44.6. The molecule has 1 unspecified atom stereocenters. The Morgan fingerprint density at radius 3 is 2.67 bits per heavy atom. The summed E-state index contributed by atoms with van der Waals surface area (Å²) in [6.45, 7) is 5.09. The minimum atomic E-state index is -1.12. The number of hydrogen-bond acceptors (Lipinski definition) is 9. The predicted octanol–water partition coefficient (Wildman–Crippen LogP) is 4.13. The third-order valence-corrected chi connectivity index (χ3v) is 6.62. The first-order valence-electron chi connectivity index (χ1n) is 10.8. The van der Waals surface area contributed by atoms with Crippen LogP contribution in [-0.2, 0) is 14.3 Å². The van der Waals surface area contributed by atoms with E-state index in [0.717, 1.165) is 16.2 Å². The van der Waals surface area contributed by atoms with Crippen LogP contribution in [-0.4, -0.2) is 46.6 Å². The van der Waals surface area contributed by atoms with Crippen LogP contribution in [0.25, 0.3) is 5.76 Å². The molecule has 1 aliphatic rings. The molecule has 0 spiro atoms. The zero-order valence-electron chi connectivity index (χ0n) is 19.4. The normalized spacial score (nSPS) is 16.7. The third-order valence-electron chi connectivity index (χ3n) is 5.48. The number of thiazole rings is 1. The summed E-state index contributed by atoms with van der Waals surface area (Å²) >= 11 is 0.886. The van der Waals surface area contributed by atoms with Crippen LogP contribution in [0.5, 0.6) is 11.5 Å². The number of aryl methyl sites for hydroxylation is 1. The van der Waals surface area contributed by atoms with Crippen molar-refractivity contribution in [1.29, 1.82) is 0 Å². The van der Waals surface area contributed by atoms with Crippen LogP contribution in [0, 0.1) is 6.92 Å². The van der Waals surface area contributed by atoms with Crippen LogP contribution in [0.2, 0.25) is 0 Å². The Labute approximate surface area is 210 Å². The minimum Gasteiger partial charge on any atom is -0.508 e. The first-order valence-corrected chi connectivity index (χ1v) is 11.6. The summed E-state index contributed by atoms with van der Waals surface area (Å²) in [6, 6.07) is 11.3. The molecule has 0 saturated carbocycles. The van der Waals surface area contributed by atoms with E-state index in [1.165, 1.54) is 31.4 Å². The summed E-state index contributed by atoms with van der Waals surface area (Å²) in [5.41, 5.74) is 0.750. The molecule has 1 atom stereocenters. The van der Waals surface area contributed by atoms with E-state index >= 15 is 0 Å². The van der Waals surface area contributed by atoms with Gasteiger partial charge in [0.05, 0.1) is 24.4 Å². The highest BCUT2D eigenvalue weighted by Crippen LogP contribution is 2.44. The molecule has 36 heavy (non-hydrogen) atoms. The number of anilines is 1. The Hall–Kier alpha value is -4.44. The Morgan fingerprint density at radius 1 is 1.22 bits per heavy atom. The quantitative estimate of drug-likeness (QED) is 0.161. The number of aliphatic hydroxyl groups excluding tert-OH is 1. The number of carbonyl (C=O) groups is 3. The molecule has 1 saturated heterocycles. The highest BCUT2D eigenvalue weighted by molar-refractivity contribution is 7.17. The fourth-order valence-corrected chi connectivity index (χ4v) is 4.83. The van der Waals surface area contributed by atoms with E-state index in [4.69, 9.17) is 9.47 Å². The Bertz CT molecular complexity index is 1410. The molecular weight excluding hydrogens is 484 g/mol. The first-order chi connectivity index (χ1) is 17.3. The van der Waals surface area contributed by atoms with Crippen molar-refractivity contribution < 1.29 is 34.1 Å². The fourth-order valence-electron chi connectivity index (χ4n) is 3.84. The van der Waals surface area contributed by atoms with Crippen molar-refractivity contribution in [3.8, 4) is 11.5 Å². The molecule has 0 aliphatic carbocycles. The van der Waals surface area contributed by atoms with E-state index in [-0.39, 0.29) is 33.5 Å². The van der Waals surface area contributed by atoms with Gasteiger partial charge in [-0.3, -0.25) is 14.5 Å². The van der Waals surface area contributed by atoms with Crippen molar-refractivity contribution in [1.82, 2.24) is 4.98 Å². The molecule has 184 valence electrons. The number of methoxy groups -OCH3 is 1. The standard InChI is InChI=1S/C26H22N2O7S/c1-4-11-35-25(33)23-14(2)27-26(36-23)28-20(15-7-5-9-17(29)12-15)19(22(31)24(28)32)21(30)16-8-6-10-18(13-16)34-3/h4-10,12-13,20,29-30H,1,11H2,2-3H3/b21-19+. The monoisotopic (exact) mass is 506 g/mol.